The summed E-state index contributed by atoms with van der Waals surface area (Å²) in [4.78, 5) is 15.7. The smallest absolute Gasteiger partial charge is 0.408 e. The number of hydrogen-bond donors (Lipinski definition) is 1. The molecule has 6 nitrogen and oxygen atoms in total. The fourth-order valence-electron chi connectivity index (χ4n) is 1.49. The predicted molar refractivity (Wildman–Crippen MR) is 72.8 cm³/mol. The van der Waals surface area contributed by atoms with E-state index in [1.807, 2.05) is 30.3 Å². The maximum absolute atomic E-state index is 11.5. The van der Waals surface area contributed by atoms with Crippen LogP contribution in [0.15, 0.2) is 34.9 Å². The normalized spacial score (nSPS) is 11.2. The topological polar surface area (TPSA) is 77.2 Å². The number of carbonyl (C=O) groups is 1. The first kappa shape index (κ1) is 14.0. The summed E-state index contributed by atoms with van der Waals surface area (Å²) in [5, 5.41) is 6.38. The zero-order chi connectivity index (χ0) is 14.6. The molecule has 1 heterocycles. The van der Waals surface area contributed by atoms with Crippen LogP contribution in [0.4, 0.5) is 4.79 Å². The lowest BCUT2D eigenvalue weighted by molar-refractivity contribution is 0.0522. The molecule has 1 aromatic carbocycles. The second-order valence-electron chi connectivity index (χ2n) is 5.24. The van der Waals surface area contributed by atoms with Gasteiger partial charge in [-0.25, -0.2) is 4.79 Å². The number of nitrogens with one attached hydrogen (secondary N) is 1. The molecule has 0 atom stereocenters. The second kappa shape index (κ2) is 5.73. The summed E-state index contributed by atoms with van der Waals surface area (Å²) in [5.74, 6) is 0.821. The number of carbonyl (C=O) groups excluding carboxylic acids is 1. The minimum Gasteiger partial charge on any atom is -0.444 e. The van der Waals surface area contributed by atoms with Crippen molar-refractivity contribution in [1.82, 2.24) is 15.5 Å². The lowest BCUT2D eigenvalue weighted by Gasteiger charge is -2.19. The fourth-order valence-corrected chi connectivity index (χ4v) is 1.49. The van der Waals surface area contributed by atoms with E-state index in [0.717, 1.165) is 5.56 Å². The molecular weight excluding hydrogens is 258 g/mol. The van der Waals surface area contributed by atoms with Gasteiger partial charge in [-0.05, 0) is 32.9 Å². The van der Waals surface area contributed by atoms with Gasteiger partial charge >= 0.3 is 6.09 Å². The maximum Gasteiger partial charge on any atom is 0.408 e. The van der Waals surface area contributed by atoms with Crippen molar-refractivity contribution in [3.05, 3.63) is 36.2 Å². The van der Waals surface area contributed by atoms with Crippen LogP contribution in [0.2, 0.25) is 0 Å². The molecule has 0 aliphatic rings. The summed E-state index contributed by atoms with van der Waals surface area (Å²) < 4.78 is 10.2. The van der Waals surface area contributed by atoms with Gasteiger partial charge in [0.2, 0.25) is 0 Å². The van der Waals surface area contributed by atoms with Gasteiger partial charge < -0.3 is 14.6 Å². The van der Waals surface area contributed by atoms with Crippen LogP contribution in [-0.2, 0) is 11.3 Å². The first-order chi connectivity index (χ1) is 9.44. The van der Waals surface area contributed by atoms with Gasteiger partial charge in [-0.1, -0.05) is 23.4 Å². The minimum absolute atomic E-state index is 0.158. The summed E-state index contributed by atoms with van der Waals surface area (Å²) in [6, 6.07) is 9.43. The summed E-state index contributed by atoms with van der Waals surface area (Å²) in [6.07, 6.45) is -0.511. The number of ether oxygens (including phenoxy) is 1. The summed E-state index contributed by atoms with van der Waals surface area (Å²) >= 11 is 0. The molecule has 0 saturated carbocycles. The molecule has 0 saturated heterocycles. The molecule has 6 heteroatoms. The Morgan fingerprint density at radius 3 is 2.65 bits per heavy atom. The highest BCUT2D eigenvalue weighted by Crippen LogP contribution is 2.15. The molecular formula is C14H17N3O3. The highest BCUT2D eigenvalue weighted by Gasteiger charge is 2.16. The molecule has 1 aromatic heterocycles. The third-order valence-electron chi connectivity index (χ3n) is 2.28. The minimum atomic E-state index is -0.531. The lowest BCUT2D eigenvalue weighted by Crippen LogP contribution is -2.32. The standard InChI is InChI=1S/C14H17N3O3/c1-14(2,3)19-13(18)15-9-11-16-12(20-17-11)10-7-5-4-6-8-10/h4-8H,9H2,1-3H3,(H,15,18). The SMILES string of the molecule is CC(C)(C)OC(=O)NCc1noc(-c2ccccc2)n1. The molecule has 20 heavy (non-hydrogen) atoms. The Morgan fingerprint density at radius 1 is 1.30 bits per heavy atom. The number of amides is 1. The number of aromatic nitrogens is 2. The van der Waals surface area contributed by atoms with Crippen molar-refractivity contribution in [2.24, 2.45) is 0 Å². The van der Waals surface area contributed by atoms with Crippen molar-refractivity contribution in [1.29, 1.82) is 0 Å². The van der Waals surface area contributed by atoms with Gasteiger partial charge in [0.25, 0.3) is 5.89 Å². The van der Waals surface area contributed by atoms with Crippen LogP contribution in [0.3, 0.4) is 0 Å². The van der Waals surface area contributed by atoms with E-state index in [1.54, 1.807) is 20.8 Å². The molecule has 1 N–H and O–H groups in total. The Hall–Kier alpha value is -2.37. The van der Waals surface area contributed by atoms with E-state index in [2.05, 4.69) is 15.5 Å². The average Bonchev–Trinajstić information content (AvgIpc) is 2.84. The van der Waals surface area contributed by atoms with E-state index in [4.69, 9.17) is 9.26 Å². The molecule has 0 unspecified atom stereocenters. The average molecular weight is 275 g/mol. The Labute approximate surface area is 117 Å². The van der Waals surface area contributed by atoms with Crippen molar-refractivity contribution in [2.75, 3.05) is 0 Å². The van der Waals surface area contributed by atoms with Crippen LogP contribution in [0.1, 0.15) is 26.6 Å². The van der Waals surface area contributed by atoms with Gasteiger partial charge in [-0.2, -0.15) is 4.98 Å². The van der Waals surface area contributed by atoms with Gasteiger partial charge in [0.1, 0.15) is 5.60 Å². The van der Waals surface area contributed by atoms with Gasteiger partial charge in [0, 0.05) is 5.56 Å². The largest absolute Gasteiger partial charge is 0.444 e. The first-order valence-electron chi connectivity index (χ1n) is 6.29. The Balaban J connectivity index is 1.92. The number of rotatable bonds is 3. The molecule has 0 aliphatic carbocycles. The Morgan fingerprint density at radius 2 is 2.00 bits per heavy atom. The van der Waals surface area contributed by atoms with E-state index in [1.165, 1.54) is 0 Å². The van der Waals surface area contributed by atoms with Gasteiger partial charge in [0.15, 0.2) is 5.82 Å². The third-order valence-corrected chi connectivity index (χ3v) is 2.28. The molecule has 2 rings (SSSR count). The fraction of sp³-hybridized carbons (Fsp3) is 0.357. The number of hydrogen-bond acceptors (Lipinski definition) is 5. The number of nitrogens with zero attached hydrogens (tertiary/aromatic N) is 2. The van der Waals surface area contributed by atoms with Crippen LogP contribution in [-0.4, -0.2) is 21.8 Å². The van der Waals surface area contributed by atoms with Crippen LogP contribution in [0.25, 0.3) is 11.5 Å². The van der Waals surface area contributed by atoms with E-state index in [9.17, 15) is 4.79 Å². The zero-order valence-corrected chi connectivity index (χ0v) is 11.7. The molecule has 0 radical (unpaired) electrons. The summed E-state index contributed by atoms with van der Waals surface area (Å²) in [7, 11) is 0. The van der Waals surface area contributed by atoms with E-state index in [-0.39, 0.29) is 6.54 Å². The molecule has 1 amide bonds. The maximum atomic E-state index is 11.5. The molecule has 106 valence electrons. The first-order valence-corrected chi connectivity index (χ1v) is 6.29. The summed E-state index contributed by atoms with van der Waals surface area (Å²) in [6.45, 7) is 5.56. The van der Waals surface area contributed by atoms with E-state index < -0.39 is 11.7 Å². The Bertz CT molecular complexity index is 573. The van der Waals surface area contributed by atoms with Gasteiger partial charge in [0.05, 0.1) is 6.54 Å². The van der Waals surface area contributed by atoms with Crippen LogP contribution in [0.5, 0.6) is 0 Å². The quantitative estimate of drug-likeness (QED) is 0.932. The second-order valence-corrected chi connectivity index (χ2v) is 5.24. The Kier molecular flexibility index (Phi) is 4.02. The van der Waals surface area contributed by atoms with E-state index in [0.29, 0.717) is 11.7 Å². The lowest BCUT2D eigenvalue weighted by atomic mass is 10.2. The van der Waals surface area contributed by atoms with Crippen LogP contribution < -0.4 is 5.32 Å². The monoisotopic (exact) mass is 275 g/mol. The van der Waals surface area contributed by atoms with Crippen LogP contribution in [0, 0.1) is 0 Å². The number of alkyl carbamates (subject to hydrolysis) is 1. The van der Waals surface area contributed by atoms with Crippen LogP contribution >= 0.6 is 0 Å². The molecule has 0 bridgehead atoms. The zero-order valence-electron chi connectivity index (χ0n) is 11.7. The van der Waals surface area contributed by atoms with Crippen molar-refractivity contribution in [3.63, 3.8) is 0 Å². The molecule has 0 aliphatic heterocycles. The highest BCUT2D eigenvalue weighted by molar-refractivity contribution is 5.67. The van der Waals surface area contributed by atoms with Crippen molar-refractivity contribution in [2.45, 2.75) is 32.9 Å². The predicted octanol–water partition coefficient (Wildman–Crippen LogP) is 2.76. The van der Waals surface area contributed by atoms with Crippen molar-refractivity contribution >= 4 is 6.09 Å². The highest BCUT2D eigenvalue weighted by atomic mass is 16.6. The number of benzene rings is 1. The van der Waals surface area contributed by atoms with Gasteiger partial charge in [-0.3, -0.25) is 0 Å². The molecule has 0 spiro atoms. The molecule has 2 aromatic rings. The third kappa shape index (κ3) is 4.08. The van der Waals surface area contributed by atoms with Gasteiger partial charge in [-0.15, -0.1) is 0 Å². The van der Waals surface area contributed by atoms with Crippen molar-refractivity contribution in [3.8, 4) is 11.5 Å². The summed E-state index contributed by atoms with van der Waals surface area (Å²) in [5.41, 5.74) is 0.305. The van der Waals surface area contributed by atoms with E-state index >= 15 is 0 Å². The van der Waals surface area contributed by atoms with Crippen molar-refractivity contribution < 1.29 is 14.1 Å². The molecule has 0 fully saturated rings.